The molecule has 0 aromatic carbocycles. The maximum Gasteiger partial charge on any atom is 0.0897 e. The summed E-state index contributed by atoms with van der Waals surface area (Å²) < 4.78 is 0. The van der Waals surface area contributed by atoms with Crippen molar-refractivity contribution in [3.05, 3.63) is 40.4 Å². The van der Waals surface area contributed by atoms with E-state index in [-0.39, 0.29) is 6.04 Å². The summed E-state index contributed by atoms with van der Waals surface area (Å²) in [5, 5.41) is 6.55. The molecule has 0 saturated heterocycles. The molecule has 2 aromatic rings. The SMILES string of the molecule is Cc1nc(CNC(C)c2cnccn2)cs1. The number of hydrogen-bond donors (Lipinski definition) is 1. The van der Waals surface area contributed by atoms with Crippen LogP contribution < -0.4 is 5.32 Å². The number of aromatic nitrogens is 3. The molecule has 0 saturated carbocycles. The van der Waals surface area contributed by atoms with E-state index in [0.717, 1.165) is 22.9 Å². The van der Waals surface area contributed by atoms with Crippen LogP contribution >= 0.6 is 11.3 Å². The van der Waals surface area contributed by atoms with Crippen molar-refractivity contribution in [1.29, 1.82) is 0 Å². The molecular formula is C11H14N4S. The van der Waals surface area contributed by atoms with E-state index in [1.165, 1.54) is 0 Å². The molecule has 1 N–H and O–H groups in total. The number of nitrogens with one attached hydrogen (secondary N) is 1. The smallest absolute Gasteiger partial charge is 0.0897 e. The second-order valence-corrected chi connectivity index (χ2v) is 4.65. The zero-order valence-corrected chi connectivity index (χ0v) is 10.2. The zero-order valence-electron chi connectivity index (χ0n) is 9.34. The van der Waals surface area contributed by atoms with Crippen molar-refractivity contribution in [2.75, 3.05) is 0 Å². The maximum absolute atomic E-state index is 4.40. The number of aryl methyl sites for hydroxylation is 1. The van der Waals surface area contributed by atoms with E-state index < -0.39 is 0 Å². The quantitative estimate of drug-likeness (QED) is 0.880. The number of thiazole rings is 1. The number of rotatable bonds is 4. The fraction of sp³-hybridized carbons (Fsp3) is 0.364. The topological polar surface area (TPSA) is 50.7 Å². The molecule has 84 valence electrons. The van der Waals surface area contributed by atoms with E-state index in [0.29, 0.717) is 0 Å². The van der Waals surface area contributed by atoms with Gasteiger partial charge in [-0.05, 0) is 13.8 Å². The lowest BCUT2D eigenvalue weighted by Crippen LogP contribution is -2.19. The van der Waals surface area contributed by atoms with Crippen LogP contribution in [0, 0.1) is 6.92 Å². The lowest BCUT2D eigenvalue weighted by atomic mass is 10.2. The molecule has 2 rings (SSSR count). The lowest BCUT2D eigenvalue weighted by Gasteiger charge is -2.11. The molecule has 4 nitrogen and oxygen atoms in total. The van der Waals surface area contributed by atoms with Gasteiger partial charge >= 0.3 is 0 Å². The summed E-state index contributed by atoms with van der Waals surface area (Å²) in [5.74, 6) is 0. The van der Waals surface area contributed by atoms with Gasteiger partial charge in [0, 0.05) is 36.6 Å². The highest BCUT2D eigenvalue weighted by atomic mass is 32.1. The van der Waals surface area contributed by atoms with Gasteiger partial charge in [0.15, 0.2) is 0 Å². The normalized spacial score (nSPS) is 12.6. The molecule has 2 heterocycles. The highest BCUT2D eigenvalue weighted by Crippen LogP contribution is 2.11. The van der Waals surface area contributed by atoms with Gasteiger partial charge in [0.25, 0.3) is 0 Å². The Kier molecular flexibility index (Phi) is 3.58. The molecule has 0 amide bonds. The summed E-state index contributed by atoms with van der Waals surface area (Å²) in [6.45, 7) is 4.85. The molecule has 16 heavy (non-hydrogen) atoms. The third-order valence-electron chi connectivity index (χ3n) is 2.28. The molecule has 0 aliphatic heterocycles. The minimum atomic E-state index is 0.190. The molecule has 0 bridgehead atoms. The van der Waals surface area contributed by atoms with Crippen LogP contribution in [0.15, 0.2) is 24.0 Å². The Morgan fingerprint density at radius 1 is 1.44 bits per heavy atom. The summed E-state index contributed by atoms with van der Waals surface area (Å²) in [4.78, 5) is 12.7. The van der Waals surface area contributed by atoms with Gasteiger partial charge in [0.2, 0.25) is 0 Å². The minimum absolute atomic E-state index is 0.190. The Morgan fingerprint density at radius 3 is 2.94 bits per heavy atom. The minimum Gasteiger partial charge on any atom is -0.303 e. The van der Waals surface area contributed by atoms with Crippen molar-refractivity contribution in [3.8, 4) is 0 Å². The number of nitrogens with zero attached hydrogens (tertiary/aromatic N) is 3. The molecule has 0 aliphatic carbocycles. The van der Waals surface area contributed by atoms with Crippen molar-refractivity contribution in [2.24, 2.45) is 0 Å². The number of hydrogen-bond acceptors (Lipinski definition) is 5. The monoisotopic (exact) mass is 234 g/mol. The molecule has 0 spiro atoms. The Bertz CT molecular complexity index is 440. The first-order valence-corrected chi connectivity index (χ1v) is 6.04. The van der Waals surface area contributed by atoms with Crippen LogP contribution in [0.2, 0.25) is 0 Å². The summed E-state index contributed by atoms with van der Waals surface area (Å²) in [6, 6.07) is 0.190. The summed E-state index contributed by atoms with van der Waals surface area (Å²) in [6.07, 6.45) is 5.17. The van der Waals surface area contributed by atoms with E-state index in [9.17, 15) is 0 Å². The molecule has 1 atom stereocenters. The van der Waals surface area contributed by atoms with Crippen LogP contribution in [0.1, 0.15) is 29.4 Å². The molecule has 5 heteroatoms. The Balaban J connectivity index is 1.91. The predicted octanol–water partition coefficient (Wildman–Crippen LogP) is 2.09. The summed E-state index contributed by atoms with van der Waals surface area (Å²) in [7, 11) is 0. The van der Waals surface area contributed by atoms with E-state index in [1.54, 1.807) is 29.9 Å². The van der Waals surface area contributed by atoms with E-state index in [4.69, 9.17) is 0 Å². The first-order chi connectivity index (χ1) is 7.75. The van der Waals surface area contributed by atoms with Crippen LogP contribution in [-0.2, 0) is 6.54 Å². The van der Waals surface area contributed by atoms with Gasteiger partial charge in [-0.3, -0.25) is 9.97 Å². The van der Waals surface area contributed by atoms with E-state index in [2.05, 4.69) is 32.6 Å². The third kappa shape index (κ3) is 2.84. The van der Waals surface area contributed by atoms with E-state index in [1.807, 2.05) is 6.92 Å². The van der Waals surface area contributed by atoms with Gasteiger partial charge in [0.1, 0.15) is 0 Å². The van der Waals surface area contributed by atoms with Crippen molar-refractivity contribution in [1.82, 2.24) is 20.3 Å². The molecule has 0 radical (unpaired) electrons. The molecular weight excluding hydrogens is 220 g/mol. The zero-order chi connectivity index (χ0) is 11.4. The predicted molar refractivity (Wildman–Crippen MR) is 64.1 cm³/mol. The van der Waals surface area contributed by atoms with E-state index >= 15 is 0 Å². The van der Waals surface area contributed by atoms with Crippen LogP contribution in [0.5, 0.6) is 0 Å². The van der Waals surface area contributed by atoms with Crippen molar-refractivity contribution < 1.29 is 0 Å². The highest BCUT2D eigenvalue weighted by Gasteiger charge is 2.06. The Hall–Kier alpha value is -1.33. The third-order valence-corrected chi connectivity index (χ3v) is 3.11. The van der Waals surface area contributed by atoms with Gasteiger partial charge in [-0.25, -0.2) is 4.98 Å². The summed E-state index contributed by atoms with van der Waals surface area (Å²) >= 11 is 1.67. The fourth-order valence-corrected chi connectivity index (χ4v) is 2.00. The van der Waals surface area contributed by atoms with Gasteiger partial charge < -0.3 is 5.32 Å². The lowest BCUT2D eigenvalue weighted by molar-refractivity contribution is 0.554. The van der Waals surface area contributed by atoms with Gasteiger partial charge in [-0.15, -0.1) is 11.3 Å². The van der Waals surface area contributed by atoms with Crippen LogP contribution in [0.25, 0.3) is 0 Å². The molecule has 0 aliphatic rings. The average molecular weight is 234 g/mol. The first-order valence-electron chi connectivity index (χ1n) is 5.16. The second kappa shape index (κ2) is 5.14. The first kappa shape index (κ1) is 11.2. The Morgan fingerprint density at radius 2 is 2.31 bits per heavy atom. The highest BCUT2D eigenvalue weighted by molar-refractivity contribution is 7.09. The largest absolute Gasteiger partial charge is 0.303 e. The van der Waals surface area contributed by atoms with Crippen LogP contribution in [0.4, 0.5) is 0 Å². The molecule has 1 unspecified atom stereocenters. The van der Waals surface area contributed by atoms with Crippen molar-refractivity contribution in [3.63, 3.8) is 0 Å². The fourth-order valence-electron chi connectivity index (χ4n) is 1.39. The molecule has 2 aromatic heterocycles. The van der Waals surface area contributed by atoms with Crippen molar-refractivity contribution >= 4 is 11.3 Å². The van der Waals surface area contributed by atoms with Crippen molar-refractivity contribution in [2.45, 2.75) is 26.4 Å². The second-order valence-electron chi connectivity index (χ2n) is 3.59. The average Bonchev–Trinajstić information content (AvgIpc) is 2.73. The van der Waals surface area contributed by atoms with Gasteiger partial charge in [0.05, 0.1) is 16.4 Å². The van der Waals surface area contributed by atoms with Crippen LogP contribution in [0.3, 0.4) is 0 Å². The molecule has 0 fully saturated rings. The van der Waals surface area contributed by atoms with Gasteiger partial charge in [-0.1, -0.05) is 0 Å². The summed E-state index contributed by atoms with van der Waals surface area (Å²) in [5.41, 5.74) is 2.03. The maximum atomic E-state index is 4.40. The van der Waals surface area contributed by atoms with Gasteiger partial charge in [-0.2, -0.15) is 0 Å². The standard InChI is InChI=1S/C11H14N4S/c1-8(11-6-12-3-4-13-11)14-5-10-7-16-9(2)15-10/h3-4,6-8,14H,5H2,1-2H3. The Labute approximate surface area is 98.8 Å². The van der Waals surface area contributed by atoms with Crippen LogP contribution in [-0.4, -0.2) is 15.0 Å².